The van der Waals surface area contributed by atoms with Crippen LogP contribution in [0.3, 0.4) is 0 Å². The number of rotatable bonds is 5. The molecule has 0 spiro atoms. The van der Waals surface area contributed by atoms with Crippen LogP contribution >= 0.6 is 0 Å². The van der Waals surface area contributed by atoms with E-state index in [1.165, 1.54) is 6.08 Å². The summed E-state index contributed by atoms with van der Waals surface area (Å²) in [5.74, 6) is 0.683. The molecule has 0 unspecified atom stereocenters. The molecule has 110 valence electrons. The van der Waals surface area contributed by atoms with Gasteiger partial charge in [-0.05, 0) is 35.2 Å². The second-order valence-electron chi connectivity index (χ2n) is 4.30. The Labute approximate surface area is 122 Å². The molecule has 1 N–H and O–H groups in total. The lowest BCUT2D eigenvalue weighted by atomic mass is 10.0. The van der Waals surface area contributed by atoms with E-state index in [4.69, 9.17) is 19.3 Å². The Morgan fingerprint density at radius 2 is 1.76 bits per heavy atom. The van der Waals surface area contributed by atoms with Gasteiger partial charge in [0.1, 0.15) is 0 Å². The molecule has 0 radical (unpaired) electrons. The number of carboxylic acids is 1. The first-order chi connectivity index (χ1) is 10.1. The highest BCUT2D eigenvalue weighted by Gasteiger charge is 2.15. The maximum Gasteiger partial charge on any atom is 0.328 e. The molecule has 0 aliphatic heterocycles. The highest BCUT2D eigenvalue weighted by molar-refractivity contribution is 5.95. The average molecular weight is 288 g/mol. The van der Waals surface area contributed by atoms with Gasteiger partial charge in [-0.2, -0.15) is 0 Å². The Hall–Kier alpha value is -2.69. The Balaban J connectivity index is 2.65. The normalized spacial score (nSPS) is 10.8. The number of benzene rings is 2. The Kier molecular flexibility index (Phi) is 4.33. The van der Waals surface area contributed by atoms with E-state index >= 15 is 0 Å². The smallest absolute Gasteiger partial charge is 0.328 e. The molecule has 0 fully saturated rings. The molecular weight excluding hydrogens is 272 g/mol. The van der Waals surface area contributed by atoms with Gasteiger partial charge in [0, 0.05) is 11.5 Å². The van der Waals surface area contributed by atoms with Crippen molar-refractivity contribution in [2.45, 2.75) is 0 Å². The highest BCUT2D eigenvalue weighted by Crippen LogP contribution is 2.43. The molecule has 0 aromatic heterocycles. The van der Waals surface area contributed by atoms with Crippen molar-refractivity contribution >= 4 is 22.8 Å². The summed E-state index contributed by atoms with van der Waals surface area (Å²) >= 11 is 0. The van der Waals surface area contributed by atoms with Crippen molar-refractivity contribution in [1.82, 2.24) is 0 Å². The number of hydrogen-bond acceptors (Lipinski definition) is 4. The molecular formula is C16H16O5. The van der Waals surface area contributed by atoms with Crippen molar-refractivity contribution in [1.29, 1.82) is 0 Å². The first-order valence-electron chi connectivity index (χ1n) is 6.24. The lowest BCUT2D eigenvalue weighted by molar-refractivity contribution is -0.131. The molecule has 2 aromatic rings. The van der Waals surface area contributed by atoms with Gasteiger partial charge in [0.15, 0.2) is 11.5 Å². The number of hydrogen-bond donors (Lipinski definition) is 1. The molecule has 0 bridgehead atoms. The van der Waals surface area contributed by atoms with Gasteiger partial charge in [-0.25, -0.2) is 4.79 Å². The molecule has 5 nitrogen and oxygen atoms in total. The first kappa shape index (κ1) is 14.7. The number of carboxylic acid groups (broad SMARTS) is 1. The van der Waals surface area contributed by atoms with E-state index in [0.29, 0.717) is 17.2 Å². The van der Waals surface area contributed by atoms with E-state index in [1.54, 1.807) is 21.3 Å². The quantitative estimate of drug-likeness (QED) is 0.857. The molecule has 0 aliphatic carbocycles. The fourth-order valence-electron chi connectivity index (χ4n) is 2.17. The van der Waals surface area contributed by atoms with Gasteiger partial charge in [-0.3, -0.25) is 0 Å². The van der Waals surface area contributed by atoms with Crippen molar-refractivity contribution in [2.24, 2.45) is 0 Å². The fourth-order valence-corrected chi connectivity index (χ4v) is 2.17. The van der Waals surface area contributed by atoms with E-state index < -0.39 is 5.97 Å². The number of methoxy groups -OCH3 is 3. The Morgan fingerprint density at radius 1 is 1.05 bits per heavy atom. The van der Waals surface area contributed by atoms with Gasteiger partial charge in [0.25, 0.3) is 0 Å². The van der Waals surface area contributed by atoms with Crippen LogP contribution in [0, 0.1) is 0 Å². The van der Waals surface area contributed by atoms with Gasteiger partial charge in [0.05, 0.1) is 21.3 Å². The Bertz CT molecular complexity index is 703. The van der Waals surface area contributed by atoms with Crippen LogP contribution in [0.1, 0.15) is 5.56 Å². The molecule has 0 heterocycles. The zero-order chi connectivity index (χ0) is 15.4. The summed E-state index contributed by atoms with van der Waals surface area (Å²) in [6, 6.07) is 7.36. The van der Waals surface area contributed by atoms with Crippen LogP contribution in [0.4, 0.5) is 0 Å². The van der Waals surface area contributed by atoms with Crippen molar-refractivity contribution in [3.63, 3.8) is 0 Å². The van der Waals surface area contributed by atoms with Gasteiger partial charge in [-0.1, -0.05) is 6.07 Å². The van der Waals surface area contributed by atoms with Crippen molar-refractivity contribution in [3.05, 3.63) is 35.9 Å². The predicted octanol–water partition coefficient (Wildman–Crippen LogP) is 2.96. The summed E-state index contributed by atoms with van der Waals surface area (Å²) in [6.07, 6.45) is 2.63. The minimum absolute atomic E-state index is 0.529. The zero-order valence-corrected chi connectivity index (χ0v) is 12.0. The molecule has 0 atom stereocenters. The molecule has 2 rings (SSSR count). The van der Waals surface area contributed by atoms with E-state index in [1.807, 2.05) is 24.3 Å². The fraction of sp³-hybridized carbons (Fsp3) is 0.188. The number of fused-ring (bicyclic) bond motifs is 1. The van der Waals surface area contributed by atoms with E-state index in [0.717, 1.165) is 22.4 Å². The predicted molar refractivity (Wildman–Crippen MR) is 80.3 cm³/mol. The SMILES string of the molecule is COc1cc2cc(C=CC(=O)O)ccc2c(OC)c1OC. The Morgan fingerprint density at radius 3 is 2.33 bits per heavy atom. The van der Waals surface area contributed by atoms with Crippen LogP contribution in [0.5, 0.6) is 17.2 Å². The minimum Gasteiger partial charge on any atom is -0.493 e. The van der Waals surface area contributed by atoms with Gasteiger partial charge < -0.3 is 19.3 Å². The van der Waals surface area contributed by atoms with Crippen LogP contribution in [0.15, 0.2) is 30.3 Å². The van der Waals surface area contributed by atoms with Gasteiger partial charge >= 0.3 is 5.97 Å². The second kappa shape index (κ2) is 6.17. The number of aliphatic carboxylic acids is 1. The summed E-state index contributed by atoms with van der Waals surface area (Å²) in [5, 5.41) is 10.4. The number of ether oxygens (including phenoxy) is 3. The third-order valence-electron chi connectivity index (χ3n) is 3.08. The van der Waals surface area contributed by atoms with Crippen LogP contribution in [0.2, 0.25) is 0 Å². The molecule has 21 heavy (non-hydrogen) atoms. The van der Waals surface area contributed by atoms with Crippen LogP contribution in [0.25, 0.3) is 16.8 Å². The summed E-state index contributed by atoms with van der Waals surface area (Å²) in [5.41, 5.74) is 0.777. The van der Waals surface area contributed by atoms with E-state index in [9.17, 15) is 4.79 Å². The van der Waals surface area contributed by atoms with Crippen molar-refractivity contribution < 1.29 is 24.1 Å². The topological polar surface area (TPSA) is 65.0 Å². The average Bonchev–Trinajstić information content (AvgIpc) is 2.50. The molecule has 0 aliphatic rings. The van der Waals surface area contributed by atoms with Crippen LogP contribution in [-0.4, -0.2) is 32.4 Å². The van der Waals surface area contributed by atoms with Crippen LogP contribution < -0.4 is 14.2 Å². The third-order valence-corrected chi connectivity index (χ3v) is 3.08. The summed E-state index contributed by atoms with van der Waals surface area (Å²) in [4.78, 5) is 10.6. The van der Waals surface area contributed by atoms with Crippen molar-refractivity contribution in [2.75, 3.05) is 21.3 Å². The van der Waals surface area contributed by atoms with Crippen molar-refractivity contribution in [3.8, 4) is 17.2 Å². The lowest BCUT2D eigenvalue weighted by Crippen LogP contribution is -1.96. The highest BCUT2D eigenvalue weighted by atomic mass is 16.5. The minimum atomic E-state index is -0.986. The van der Waals surface area contributed by atoms with E-state index in [2.05, 4.69) is 0 Å². The zero-order valence-electron chi connectivity index (χ0n) is 12.0. The summed E-state index contributed by atoms with van der Waals surface area (Å²) in [6.45, 7) is 0. The maximum absolute atomic E-state index is 10.6. The van der Waals surface area contributed by atoms with E-state index in [-0.39, 0.29) is 0 Å². The number of carbonyl (C=O) groups is 1. The molecule has 0 saturated heterocycles. The molecule has 0 saturated carbocycles. The summed E-state index contributed by atoms with van der Waals surface area (Å²) < 4.78 is 16.1. The standard InChI is InChI=1S/C16H16O5/c1-19-13-9-11-8-10(5-7-14(17)18)4-6-12(11)15(20-2)16(13)21-3/h4-9H,1-3H3,(H,17,18). The maximum atomic E-state index is 10.6. The first-order valence-corrected chi connectivity index (χ1v) is 6.24. The monoisotopic (exact) mass is 288 g/mol. The van der Waals surface area contributed by atoms with Gasteiger partial charge in [-0.15, -0.1) is 0 Å². The second-order valence-corrected chi connectivity index (χ2v) is 4.30. The van der Waals surface area contributed by atoms with Gasteiger partial charge in [0.2, 0.25) is 5.75 Å². The summed E-state index contributed by atoms with van der Waals surface area (Å²) in [7, 11) is 4.67. The molecule has 0 amide bonds. The van der Waals surface area contributed by atoms with Crippen LogP contribution in [-0.2, 0) is 4.79 Å². The molecule has 2 aromatic carbocycles. The molecule has 5 heteroatoms. The third kappa shape index (κ3) is 2.91. The lowest BCUT2D eigenvalue weighted by Gasteiger charge is -2.15. The largest absolute Gasteiger partial charge is 0.493 e.